The summed E-state index contributed by atoms with van der Waals surface area (Å²) in [5.41, 5.74) is 1.63. The maximum atomic E-state index is 13.3. The van der Waals surface area contributed by atoms with Crippen LogP contribution in [0.5, 0.6) is 0 Å². The molecule has 0 bridgehead atoms. The Morgan fingerprint density at radius 2 is 1.90 bits per heavy atom. The molecule has 7 nitrogen and oxygen atoms in total. The van der Waals surface area contributed by atoms with E-state index >= 15 is 0 Å². The number of aromatic nitrogens is 2. The van der Waals surface area contributed by atoms with Crippen LogP contribution >= 0.6 is 11.6 Å². The molecule has 1 saturated heterocycles. The Labute approximate surface area is 174 Å². The molecule has 1 aliphatic rings. The third-order valence-electron chi connectivity index (χ3n) is 4.93. The average Bonchev–Trinajstić information content (AvgIpc) is 2.73. The maximum Gasteiger partial charge on any atom is 0.245 e. The van der Waals surface area contributed by atoms with Gasteiger partial charge in [0.05, 0.1) is 10.5 Å². The van der Waals surface area contributed by atoms with Crippen LogP contribution in [0.3, 0.4) is 0 Å². The van der Waals surface area contributed by atoms with Gasteiger partial charge in [-0.05, 0) is 36.8 Å². The summed E-state index contributed by atoms with van der Waals surface area (Å²) in [4.78, 5) is 10.8. The van der Waals surface area contributed by atoms with Gasteiger partial charge in [-0.1, -0.05) is 23.7 Å². The van der Waals surface area contributed by atoms with Crippen LogP contribution in [-0.2, 0) is 10.0 Å². The molecule has 0 atom stereocenters. The van der Waals surface area contributed by atoms with Crippen molar-refractivity contribution in [1.82, 2.24) is 14.3 Å². The van der Waals surface area contributed by atoms with E-state index in [1.54, 1.807) is 30.5 Å². The number of nitrogens with zero attached hydrogens (tertiary/aromatic N) is 5. The molecule has 2 aromatic heterocycles. The second-order valence-electron chi connectivity index (χ2n) is 6.84. The lowest BCUT2D eigenvalue weighted by molar-refractivity contribution is 0.384. The van der Waals surface area contributed by atoms with Crippen molar-refractivity contribution >= 4 is 38.3 Å². The Hall–Kier alpha value is -2.73. The number of anilines is 1. The average molecular weight is 428 g/mol. The minimum atomic E-state index is -3.68. The Bertz CT molecular complexity index is 1230. The van der Waals surface area contributed by atoms with Crippen molar-refractivity contribution in [2.75, 3.05) is 31.1 Å². The van der Waals surface area contributed by atoms with E-state index in [2.05, 4.69) is 9.97 Å². The van der Waals surface area contributed by atoms with E-state index in [0.717, 1.165) is 10.9 Å². The molecule has 1 aromatic carbocycles. The summed E-state index contributed by atoms with van der Waals surface area (Å²) in [6, 6.07) is 12.5. The lowest BCUT2D eigenvalue weighted by Crippen LogP contribution is -2.49. The van der Waals surface area contributed by atoms with Crippen molar-refractivity contribution in [2.24, 2.45) is 0 Å². The monoisotopic (exact) mass is 427 g/mol. The molecule has 0 saturated carbocycles. The molecule has 29 heavy (non-hydrogen) atoms. The molecule has 0 amide bonds. The first-order valence-electron chi connectivity index (χ1n) is 9.07. The number of hydrogen-bond acceptors (Lipinski definition) is 6. The molecule has 3 heterocycles. The quantitative estimate of drug-likeness (QED) is 0.638. The Balaban J connectivity index is 1.58. The Kier molecular flexibility index (Phi) is 5.13. The molecule has 1 fully saturated rings. The number of nitriles is 1. The number of pyridine rings is 2. The normalized spacial score (nSPS) is 15.4. The second-order valence-corrected chi connectivity index (χ2v) is 9.16. The molecular weight excluding hydrogens is 410 g/mol. The van der Waals surface area contributed by atoms with Crippen LogP contribution in [0.25, 0.3) is 10.9 Å². The summed E-state index contributed by atoms with van der Waals surface area (Å²) in [7, 11) is -3.68. The molecule has 0 N–H and O–H groups in total. The topological polar surface area (TPSA) is 90.2 Å². The SMILES string of the molecule is Cc1cnc2c(S(=O)(=O)N3CCN(c4ccc(Cl)c(C#N)n4)CC3)cccc2c1. The van der Waals surface area contributed by atoms with Gasteiger partial charge in [-0.25, -0.2) is 13.4 Å². The van der Waals surface area contributed by atoms with Crippen molar-refractivity contribution in [3.63, 3.8) is 0 Å². The van der Waals surface area contributed by atoms with E-state index in [1.807, 2.05) is 30.0 Å². The van der Waals surface area contributed by atoms with Gasteiger partial charge >= 0.3 is 0 Å². The van der Waals surface area contributed by atoms with E-state index < -0.39 is 10.0 Å². The number of benzene rings is 1. The van der Waals surface area contributed by atoms with E-state index in [-0.39, 0.29) is 10.6 Å². The number of fused-ring (bicyclic) bond motifs is 1. The van der Waals surface area contributed by atoms with Gasteiger partial charge in [0.25, 0.3) is 0 Å². The van der Waals surface area contributed by atoms with Crippen LogP contribution in [0, 0.1) is 18.3 Å². The first-order valence-corrected chi connectivity index (χ1v) is 10.9. The summed E-state index contributed by atoms with van der Waals surface area (Å²) in [5.74, 6) is 0.616. The van der Waals surface area contributed by atoms with Crippen LogP contribution < -0.4 is 4.90 Å². The van der Waals surface area contributed by atoms with Gasteiger partial charge in [0.2, 0.25) is 10.0 Å². The summed E-state index contributed by atoms with van der Waals surface area (Å²) in [6.45, 7) is 3.50. The largest absolute Gasteiger partial charge is 0.354 e. The highest BCUT2D eigenvalue weighted by molar-refractivity contribution is 7.89. The number of halogens is 1. The van der Waals surface area contributed by atoms with Gasteiger partial charge in [0, 0.05) is 37.8 Å². The van der Waals surface area contributed by atoms with Gasteiger partial charge < -0.3 is 4.90 Å². The van der Waals surface area contributed by atoms with Crippen LogP contribution in [0.4, 0.5) is 5.82 Å². The summed E-state index contributed by atoms with van der Waals surface area (Å²) in [6.07, 6.45) is 1.68. The van der Waals surface area contributed by atoms with Crippen LogP contribution in [0.1, 0.15) is 11.3 Å². The number of aryl methyl sites for hydroxylation is 1. The fourth-order valence-electron chi connectivity index (χ4n) is 3.43. The van der Waals surface area contributed by atoms with Crippen molar-refractivity contribution in [1.29, 1.82) is 5.26 Å². The van der Waals surface area contributed by atoms with Crippen LogP contribution in [-0.4, -0.2) is 48.9 Å². The number of hydrogen-bond donors (Lipinski definition) is 0. The van der Waals surface area contributed by atoms with Gasteiger partial charge in [-0.3, -0.25) is 4.98 Å². The number of para-hydroxylation sites is 1. The zero-order valence-electron chi connectivity index (χ0n) is 15.7. The molecule has 0 unspecified atom stereocenters. The summed E-state index contributed by atoms with van der Waals surface area (Å²) >= 11 is 5.95. The zero-order chi connectivity index (χ0) is 20.6. The Morgan fingerprint density at radius 3 is 2.62 bits per heavy atom. The standard InChI is InChI=1S/C20H18ClN5O2S/c1-14-11-15-3-2-4-18(20(15)23-13-14)29(27,28)26-9-7-25(8-10-26)19-6-5-16(21)17(12-22)24-19/h2-6,11,13H,7-10H2,1H3. The predicted molar refractivity (Wildman–Crippen MR) is 111 cm³/mol. The van der Waals surface area contributed by atoms with Crippen molar-refractivity contribution in [3.05, 3.63) is 58.9 Å². The van der Waals surface area contributed by atoms with Crippen LogP contribution in [0.15, 0.2) is 47.5 Å². The summed E-state index contributed by atoms with van der Waals surface area (Å²) < 4.78 is 28.0. The minimum absolute atomic E-state index is 0.163. The molecule has 9 heteroatoms. The molecule has 3 aromatic rings. The lowest BCUT2D eigenvalue weighted by Gasteiger charge is -2.34. The van der Waals surface area contributed by atoms with Crippen LogP contribution in [0.2, 0.25) is 5.02 Å². The second kappa shape index (κ2) is 7.59. The molecule has 0 aliphatic carbocycles. The zero-order valence-corrected chi connectivity index (χ0v) is 17.3. The third kappa shape index (κ3) is 3.65. The van der Waals surface area contributed by atoms with Gasteiger partial charge in [0.15, 0.2) is 5.69 Å². The maximum absolute atomic E-state index is 13.3. The fraction of sp³-hybridized carbons (Fsp3) is 0.250. The number of rotatable bonds is 3. The highest BCUT2D eigenvalue weighted by Gasteiger charge is 2.30. The van der Waals surface area contributed by atoms with E-state index in [9.17, 15) is 8.42 Å². The van der Waals surface area contributed by atoms with Gasteiger partial charge in [0.1, 0.15) is 16.8 Å². The highest BCUT2D eigenvalue weighted by Crippen LogP contribution is 2.26. The van der Waals surface area contributed by atoms with Crippen molar-refractivity contribution < 1.29 is 8.42 Å². The van der Waals surface area contributed by atoms with Crippen molar-refractivity contribution in [2.45, 2.75) is 11.8 Å². The van der Waals surface area contributed by atoms with Crippen molar-refractivity contribution in [3.8, 4) is 6.07 Å². The number of piperazine rings is 1. The number of sulfonamides is 1. The summed E-state index contributed by atoms with van der Waals surface area (Å²) in [5, 5.41) is 10.2. The van der Waals surface area contributed by atoms with Gasteiger partial charge in [-0.2, -0.15) is 9.57 Å². The molecular formula is C20H18ClN5O2S. The molecule has 1 aliphatic heterocycles. The first kappa shape index (κ1) is 19.6. The molecule has 4 rings (SSSR count). The Morgan fingerprint density at radius 1 is 1.14 bits per heavy atom. The van der Waals surface area contributed by atoms with Gasteiger partial charge in [-0.15, -0.1) is 0 Å². The first-order chi connectivity index (χ1) is 13.9. The van der Waals surface area contributed by atoms with E-state index in [4.69, 9.17) is 16.9 Å². The fourth-order valence-corrected chi connectivity index (χ4v) is 5.17. The smallest absolute Gasteiger partial charge is 0.245 e. The lowest BCUT2D eigenvalue weighted by atomic mass is 10.2. The minimum Gasteiger partial charge on any atom is -0.354 e. The third-order valence-corrected chi connectivity index (χ3v) is 7.16. The molecule has 0 spiro atoms. The molecule has 0 radical (unpaired) electrons. The predicted octanol–water partition coefficient (Wildman–Crippen LogP) is 2.97. The van der Waals surface area contributed by atoms with E-state index in [1.165, 1.54) is 4.31 Å². The highest BCUT2D eigenvalue weighted by atomic mass is 35.5. The molecule has 148 valence electrons. The van der Waals surface area contributed by atoms with E-state index in [0.29, 0.717) is 42.5 Å².